The first-order valence-corrected chi connectivity index (χ1v) is 6.53. The molecule has 2 rings (SSSR count). The second kappa shape index (κ2) is 6.18. The highest BCUT2D eigenvalue weighted by Gasteiger charge is 2.10. The van der Waals surface area contributed by atoms with Crippen LogP contribution in [0, 0.1) is 13.8 Å². The van der Waals surface area contributed by atoms with Gasteiger partial charge >= 0.3 is 6.03 Å². The number of pyridine rings is 1. The number of nitrogens with one attached hydrogen (secondary N) is 3. The molecule has 0 aliphatic rings. The van der Waals surface area contributed by atoms with E-state index in [2.05, 4.69) is 25.8 Å². The first-order chi connectivity index (χ1) is 9.54. The molecular formula is C14H19N5O. The molecule has 2 amide bonds. The molecule has 1 unspecified atom stereocenters. The van der Waals surface area contributed by atoms with E-state index < -0.39 is 0 Å². The molecule has 0 saturated carbocycles. The van der Waals surface area contributed by atoms with Crippen molar-refractivity contribution in [1.82, 2.24) is 20.5 Å². The lowest BCUT2D eigenvalue weighted by Crippen LogP contribution is -2.37. The maximum atomic E-state index is 11.9. The molecule has 2 aromatic rings. The van der Waals surface area contributed by atoms with Crippen LogP contribution in [0.4, 0.5) is 10.5 Å². The van der Waals surface area contributed by atoms with Gasteiger partial charge in [-0.2, -0.15) is 5.10 Å². The summed E-state index contributed by atoms with van der Waals surface area (Å²) in [6.07, 6.45) is 4.05. The van der Waals surface area contributed by atoms with Gasteiger partial charge in [0.05, 0.1) is 5.69 Å². The fraction of sp³-hybridized carbons (Fsp3) is 0.357. The molecule has 2 aromatic heterocycles. The van der Waals surface area contributed by atoms with E-state index in [9.17, 15) is 4.79 Å². The fourth-order valence-electron chi connectivity index (χ4n) is 1.94. The van der Waals surface area contributed by atoms with Crippen molar-refractivity contribution in [2.75, 3.05) is 5.32 Å². The zero-order valence-corrected chi connectivity index (χ0v) is 11.9. The molecule has 6 heteroatoms. The number of rotatable bonds is 4. The van der Waals surface area contributed by atoms with E-state index in [1.807, 2.05) is 26.8 Å². The van der Waals surface area contributed by atoms with E-state index in [1.165, 1.54) is 0 Å². The topological polar surface area (TPSA) is 82.7 Å². The Bertz CT molecular complexity index is 593. The smallest absolute Gasteiger partial charge is 0.319 e. The van der Waals surface area contributed by atoms with Crippen LogP contribution in [0.15, 0.2) is 24.5 Å². The van der Waals surface area contributed by atoms with E-state index in [-0.39, 0.29) is 12.1 Å². The van der Waals surface area contributed by atoms with Crippen molar-refractivity contribution < 1.29 is 4.79 Å². The van der Waals surface area contributed by atoms with Crippen LogP contribution >= 0.6 is 0 Å². The van der Waals surface area contributed by atoms with Crippen LogP contribution < -0.4 is 10.6 Å². The van der Waals surface area contributed by atoms with Gasteiger partial charge in [0, 0.05) is 36.2 Å². The molecule has 2 heterocycles. The van der Waals surface area contributed by atoms with Gasteiger partial charge in [0.15, 0.2) is 0 Å². The minimum Gasteiger partial charge on any atom is -0.335 e. The fourth-order valence-corrected chi connectivity index (χ4v) is 1.94. The van der Waals surface area contributed by atoms with Gasteiger partial charge in [0.1, 0.15) is 0 Å². The molecule has 0 aromatic carbocycles. The highest BCUT2D eigenvalue weighted by atomic mass is 16.2. The number of anilines is 1. The molecule has 0 aliphatic carbocycles. The molecule has 106 valence electrons. The summed E-state index contributed by atoms with van der Waals surface area (Å²) < 4.78 is 0. The maximum Gasteiger partial charge on any atom is 0.319 e. The van der Waals surface area contributed by atoms with Crippen LogP contribution in [0.25, 0.3) is 0 Å². The lowest BCUT2D eigenvalue weighted by atomic mass is 10.2. The Hall–Kier alpha value is -2.37. The first-order valence-electron chi connectivity index (χ1n) is 6.53. The second-order valence-corrected chi connectivity index (χ2v) is 4.94. The molecular weight excluding hydrogens is 254 g/mol. The summed E-state index contributed by atoms with van der Waals surface area (Å²) in [4.78, 5) is 15.9. The molecule has 6 nitrogen and oxygen atoms in total. The number of hydrogen-bond donors (Lipinski definition) is 3. The van der Waals surface area contributed by atoms with Crippen molar-refractivity contribution >= 4 is 11.7 Å². The SMILES string of the molecule is Cc1cc(CC(C)NC(=O)Nc2ccncc2C)n[nH]1. The Morgan fingerprint density at radius 2 is 2.25 bits per heavy atom. The normalized spacial score (nSPS) is 11.9. The van der Waals surface area contributed by atoms with E-state index in [0.717, 1.165) is 22.6 Å². The van der Waals surface area contributed by atoms with Gasteiger partial charge in [-0.15, -0.1) is 0 Å². The van der Waals surface area contributed by atoms with Gasteiger partial charge in [0.25, 0.3) is 0 Å². The molecule has 0 spiro atoms. The maximum absolute atomic E-state index is 11.9. The van der Waals surface area contributed by atoms with Crippen LogP contribution in [0.2, 0.25) is 0 Å². The minimum absolute atomic E-state index is 0.000145. The van der Waals surface area contributed by atoms with Gasteiger partial charge in [-0.1, -0.05) is 0 Å². The van der Waals surface area contributed by atoms with Crippen molar-refractivity contribution in [2.24, 2.45) is 0 Å². The van der Waals surface area contributed by atoms with Crippen LogP contribution in [0.5, 0.6) is 0 Å². The van der Waals surface area contributed by atoms with E-state index in [1.54, 1.807) is 18.5 Å². The van der Waals surface area contributed by atoms with Crippen molar-refractivity contribution in [2.45, 2.75) is 33.2 Å². The van der Waals surface area contributed by atoms with Gasteiger partial charge in [-0.25, -0.2) is 4.79 Å². The lowest BCUT2D eigenvalue weighted by Gasteiger charge is -2.14. The standard InChI is InChI=1S/C14H19N5O/c1-9-8-15-5-4-13(9)17-14(20)16-10(2)6-12-7-11(3)18-19-12/h4-5,7-8,10H,6H2,1-3H3,(H,18,19)(H2,15,16,17,20). The highest BCUT2D eigenvalue weighted by Crippen LogP contribution is 2.11. The summed E-state index contributed by atoms with van der Waals surface area (Å²) in [6, 6.07) is 3.53. The van der Waals surface area contributed by atoms with Gasteiger partial charge < -0.3 is 10.6 Å². The Morgan fingerprint density at radius 1 is 1.45 bits per heavy atom. The summed E-state index contributed by atoms with van der Waals surface area (Å²) in [5.74, 6) is 0. The van der Waals surface area contributed by atoms with Crippen molar-refractivity contribution in [3.63, 3.8) is 0 Å². The van der Waals surface area contributed by atoms with E-state index in [0.29, 0.717) is 6.42 Å². The molecule has 0 fully saturated rings. The predicted octanol–water partition coefficient (Wildman–Crippen LogP) is 2.17. The predicted molar refractivity (Wildman–Crippen MR) is 77.6 cm³/mol. The summed E-state index contributed by atoms with van der Waals surface area (Å²) in [5, 5.41) is 12.7. The van der Waals surface area contributed by atoms with Crippen LogP contribution in [0.1, 0.15) is 23.9 Å². The Kier molecular flexibility index (Phi) is 4.34. The Morgan fingerprint density at radius 3 is 2.90 bits per heavy atom. The lowest BCUT2D eigenvalue weighted by molar-refractivity contribution is 0.249. The Balaban J connectivity index is 1.86. The number of hydrogen-bond acceptors (Lipinski definition) is 3. The molecule has 0 saturated heterocycles. The second-order valence-electron chi connectivity index (χ2n) is 4.94. The number of aromatic amines is 1. The molecule has 20 heavy (non-hydrogen) atoms. The van der Waals surface area contributed by atoms with Gasteiger partial charge in [0.2, 0.25) is 0 Å². The van der Waals surface area contributed by atoms with Crippen molar-refractivity contribution in [1.29, 1.82) is 0 Å². The molecule has 1 atom stereocenters. The summed E-state index contributed by atoms with van der Waals surface area (Å²) in [7, 11) is 0. The van der Waals surface area contributed by atoms with Gasteiger partial charge in [-0.05, 0) is 38.5 Å². The third-order valence-electron chi connectivity index (χ3n) is 2.92. The highest BCUT2D eigenvalue weighted by molar-refractivity contribution is 5.90. The minimum atomic E-state index is -0.223. The number of carbonyl (C=O) groups excluding carboxylic acids is 1. The van der Waals surface area contributed by atoms with Crippen LogP contribution in [-0.4, -0.2) is 27.3 Å². The average molecular weight is 273 g/mol. The number of nitrogens with zero attached hydrogens (tertiary/aromatic N) is 2. The number of H-pyrrole nitrogens is 1. The quantitative estimate of drug-likeness (QED) is 0.798. The average Bonchev–Trinajstić information content (AvgIpc) is 2.77. The summed E-state index contributed by atoms with van der Waals surface area (Å²) in [5.41, 5.74) is 3.65. The zero-order valence-electron chi connectivity index (χ0n) is 11.9. The third-order valence-corrected chi connectivity index (χ3v) is 2.92. The van der Waals surface area contributed by atoms with Crippen LogP contribution in [-0.2, 0) is 6.42 Å². The molecule has 0 aliphatic heterocycles. The van der Waals surface area contributed by atoms with Gasteiger partial charge in [-0.3, -0.25) is 10.1 Å². The number of amides is 2. The number of urea groups is 1. The molecule has 0 bridgehead atoms. The summed E-state index contributed by atoms with van der Waals surface area (Å²) in [6.45, 7) is 5.80. The zero-order chi connectivity index (χ0) is 14.5. The van der Waals surface area contributed by atoms with E-state index >= 15 is 0 Å². The first kappa shape index (κ1) is 14.0. The summed E-state index contributed by atoms with van der Waals surface area (Å²) >= 11 is 0. The third kappa shape index (κ3) is 3.81. The molecule has 0 radical (unpaired) electrons. The molecule has 3 N–H and O–H groups in total. The largest absolute Gasteiger partial charge is 0.335 e. The monoisotopic (exact) mass is 273 g/mol. The number of aromatic nitrogens is 3. The van der Waals surface area contributed by atoms with E-state index in [4.69, 9.17) is 0 Å². The van der Waals surface area contributed by atoms with Crippen molar-refractivity contribution in [3.05, 3.63) is 41.5 Å². The van der Waals surface area contributed by atoms with Crippen molar-refractivity contribution in [3.8, 4) is 0 Å². The van der Waals surface area contributed by atoms with Crippen LogP contribution in [0.3, 0.4) is 0 Å². The number of carbonyl (C=O) groups is 1. The Labute approximate surface area is 118 Å². The number of aryl methyl sites for hydroxylation is 2.